The number of phenols is 1. The van der Waals surface area contributed by atoms with E-state index in [2.05, 4.69) is 10.6 Å². The quantitative estimate of drug-likeness (QED) is 0.575. The minimum atomic E-state index is -0.614. The van der Waals surface area contributed by atoms with Gasteiger partial charge in [0.2, 0.25) is 0 Å². The zero-order chi connectivity index (χ0) is 22.1. The van der Waals surface area contributed by atoms with Gasteiger partial charge in [-0.25, -0.2) is 4.79 Å². The first-order chi connectivity index (χ1) is 14.2. The van der Waals surface area contributed by atoms with Crippen molar-refractivity contribution in [3.05, 3.63) is 59.7 Å². The van der Waals surface area contributed by atoms with E-state index in [1.54, 1.807) is 32.9 Å². The molecule has 0 fully saturated rings. The van der Waals surface area contributed by atoms with E-state index in [-0.39, 0.29) is 36.9 Å². The van der Waals surface area contributed by atoms with Crippen molar-refractivity contribution in [1.82, 2.24) is 10.6 Å². The number of hydrogen-bond acceptors (Lipinski definition) is 5. The van der Waals surface area contributed by atoms with E-state index < -0.39 is 5.41 Å². The third-order valence-corrected chi connectivity index (χ3v) is 4.39. The van der Waals surface area contributed by atoms with Gasteiger partial charge in [0.05, 0.1) is 18.6 Å². The molecule has 0 saturated carbocycles. The van der Waals surface area contributed by atoms with Gasteiger partial charge in [0.1, 0.15) is 6.61 Å². The molecule has 0 aliphatic heterocycles. The highest BCUT2D eigenvalue weighted by Gasteiger charge is 2.25. The summed E-state index contributed by atoms with van der Waals surface area (Å²) in [4.78, 5) is 24.6. The number of rotatable bonds is 8. The van der Waals surface area contributed by atoms with Crippen LogP contribution in [-0.2, 0) is 22.5 Å². The SMILES string of the molecule is COc1cc(CNC(=O)N[C@@H](COC(=O)C(C)(C)C)Cc2ccccc2)ccc1O. The number of aromatic hydroxyl groups is 1. The molecule has 162 valence electrons. The summed E-state index contributed by atoms with van der Waals surface area (Å²) >= 11 is 0. The molecule has 1 atom stereocenters. The molecule has 2 aromatic rings. The normalized spacial score (nSPS) is 12.0. The van der Waals surface area contributed by atoms with Crippen LogP contribution in [0.2, 0.25) is 0 Å². The molecule has 2 amide bonds. The lowest BCUT2D eigenvalue weighted by atomic mass is 9.97. The molecular weight excluding hydrogens is 384 g/mol. The molecule has 0 bridgehead atoms. The zero-order valence-corrected chi connectivity index (χ0v) is 17.9. The summed E-state index contributed by atoms with van der Waals surface area (Å²) in [5.74, 6) is 0.0546. The molecule has 0 aromatic heterocycles. The number of carbonyl (C=O) groups is 2. The van der Waals surface area contributed by atoms with Crippen LogP contribution in [0.3, 0.4) is 0 Å². The summed E-state index contributed by atoms with van der Waals surface area (Å²) in [6.07, 6.45) is 0.527. The van der Waals surface area contributed by atoms with Crippen molar-refractivity contribution in [1.29, 1.82) is 0 Å². The summed E-state index contributed by atoms with van der Waals surface area (Å²) in [5.41, 5.74) is 1.19. The highest BCUT2D eigenvalue weighted by molar-refractivity contribution is 5.76. The first-order valence-electron chi connectivity index (χ1n) is 9.80. The fraction of sp³-hybridized carbons (Fsp3) is 0.391. The number of esters is 1. The fourth-order valence-corrected chi connectivity index (χ4v) is 2.69. The second-order valence-corrected chi connectivity index (χ2v) is 8.07. The summed E-state index contributed by atoms with van der Waals surface area (Å²) in [7, 11) is 1.46. The smallest absolute Gasteiger partial charge is 0.315 e. The fourth-order valence-electron chi connectivity index (χ4n) is 2.69. The standard InChI is InChI=1S/C23H30N2O5/c1-23(2,3)21(27)30-15-18(12-16-8-6-5-7-9-16)25-22(28)24-14-17-10-11-19(26)20(13-17)29-4/h5-11,13,18,26H,12,14-15H2,1-4H3,(H2,24,25,28)/t18-/m1/s1. The molecule has 0 heterocycles. The lowest BCUT2D eigenvalue weighted by Crippen LogP contribution is -2.45. The molecule has 0 unspecified atom stereocenters. The highest BCUT2D eigenvalue weighted by atomic mass is 16.5. The molecule has 0 saturated heterocycles. The lowest BCUT2D eigenvalue weighted by molar-refractivity contribution is -0.153. The van der Waals surface area contributed by atoms with Gasteiger partial charge in [0, 0.05) is 6.54 Å². The van der Waals surface area contributed by atoms with E-state index in [9.17, 15) is 14.7 Å². The molecule has 7 heteroatoms. The number of methoxy groups -OCH3 is 1. The van der Waals surface area contributed by atoms with Crippen molar-refractivity contribution in [2.75, 3.05) is 13.7 Å². The summed E-state index contributed by atoms with van der Waals surface area (Å²) in [6, 6.07) is 13.8. The average Bonchev–Trinajstić information content (AvgIpc) is 2.71. The first kappa shape index (κ1) is 23.1. The predicted octanol–water partition coefficient (Wildman–Crippen LogP) is 3.40. The molecule has 0 aliphatic carbocycles. The van der Waals surface area contributed by atoms with Gasteiger partial charge in [0.15, 0.2) is 11.5 Å². The molecule has 2 aromatic carbocycles. The molecule has 0 spiro atoms. The highest BCUT2D eigenvalue weighted by Crippen LogP contribution is 2.26. The van der Waals surface area contributed by atoms with Gasteiger partial charge in [-0.15, -0.1) is 0 Å². The van der Waals surface area contributed by atoms with E-state index in [0.29, 0.717) is 12.2 Å². The maximum absolute atomic E-state index is 12.4. The molecule has 0 radical (unpaired) electrons. The maximum Gasteiger partial charge on any atom is 0.315 e. The Morgan fingerprint density at radius 3 is 2.40 bits per heavy atom. The number of urea groups is 1. The summed E-state index contributed by atoms with van der Waals surface area (Å²) in [6.45, 7) is 5.68. The number of hydrogen-bond donors (Lipinski definition) is 3. The first-order valence-corrected chi connectivity index (χ1v) is 9.80. The van der Waals surface area contributed by atoms with Gasteiger partial charge >= 0.3 is 12.0 Å². The van der Waals surface area contributed by atoms with Crippen molar-refractivity contribution in [3.63, 3.8) is 0 Å². The largest absolute Gasteiger partial charge is 0.504 e. The number of carbonyl (C=O) groups excluding carboxylic acids is 2. The van der Waals surface area contributed by atoms with Gasteiger partial charge in [-0.2, -0.15) is 0 Å². The molecule has 3 N–H and O–H groups in total. The Morgan fingerprint density at radius 1 is 1.07 bits per heavy atom. The lowest BCUT2D eigenvalue weighted by Gasteiger charge is -2.22. The van der Waals surface area contributed by atoms with Crippen molar-refractivity contribution in [2.24, 2.45) is 5.41 Å². The summed E-state index contributed by atoms with van der Waals surface area (Å²) < 4.78 is 10.5. The van der Waals surface area contributed by atoms with Crippen LogP contribution < -0.4 is 15.4 Å². The number of amides is 2. The Morgan fingerprint density at radius 2 is 1.77 bits per heavy atom. The van der Waals surface area contributed by atoms with E-state index in [1.807, 2.05) is 30.3 Å². The van der Waals surface area contributed by atoms with E-state index in [1.165, 1.54) is 13.2 Å². The number of benzene rings is 2. The summed E-state index contributed by atoms with van der Waals surface area (Å²) in [5, 5.41) is 15.3. The van der Waals surface area contributed by atoms with Crippen LogP contribution in [0.25, 0.3) is 0 Å². The van der Waals surface area contributed by atoms with Gasteiger partial charge in [-0.05, 0) is 50.5 Å². The van der Waals surface area contributed by atoms with Crippen LogP contribution in [0.5, 0.6) is 11.5 Å². The Hall–Kier alpha value is -3.22. The molecule has 0 aliphatic rings. The van der Waals surface area contributed by atoms with Crippen LogP contribution in [0.15, 0.2) is 48.5 Å². The van der Waals surface area contributed by atoms with Crippen LogP contribution in [-0.4, -0.2) is 36.9 Å². The number of ether oxygens (including phenoxy) is 2. The van der Waals surface area contributed by atoms with Crippen LogP contribution in [0.4, 0.5) is 4.79 Å². The Balaban J connectivity index is 1.97. The Kier molecular flexibility index (Phi) is 8.09. The van der Waals surface area contributed by atoms with Gasteiger partial charge < -0.3 is 25.2 Å². The monoisotopic (exact) mass is 414 g/mol. The van der Waals surface area contributed by atoms with Gasteiger partial charge in [-0.1, -0.05) is 36.4 Å². The minimum absolute atomic E-state index is 0.0364. The Bertz CT molecular complexity index is 846. The minimum Gasteiger partial charge on any atom is -0.504 e. The van der Waals surface area contributed by atoms with Gasteiger partial charge in [-0.3, -0.25) is 4.79 Å². The third-order valence-electron chi connectivity index (χ3n) is 4.39. The molecule has 2 rings (SSSR count). The average molecular weight is 415 g/mol. The van der Waals surface area contributed by atoms with Crippen LogP contribution in [0.1, 0.15) is 31.9 Å². The second kappa shape index (κ2) is 10.5. The van der Waals surface area contributed by atoms with Crippen molar-refractivity contribution in [2.45, 2.75) is 39.8 Å². The van der Waals surface area contributed by atoms with Gasteiger partial charge in [0.25, 0.3) is 0 Å². The number of nitrogens with one attached hydrogen (secondary N) is 2. The van der Waals surface area contributed by atoms with Crippen LogP contribution in [0, 0.1) is 5.41 Å². The number of phenolic OH excluding ortho intramolecular Hbond substituents is 1. The topological polar surface area (TPSA) is 96.9 Å². The van der Waals surface area contributed by atoms with Crippen molar-refractivity contribution >= 4 is 12.0 Å². The molecular formula is C23H30N2O5. The zero-order valence-electron chi connectivity index (χ0n) is 17.9. The third kappa shape index (κ3) is 7.31. The van der Waals surface area contributed by atoms with E-state index >= 15 is 0 Å². The second-order valence-electron chi connectivity index (χ2n) is 8.07. The van der Waals surface area contributed by atoms with E-state index in [4.69, 9.17) is 9.47 Å². The molecule has 7 nitrogen and oxygen atoms in total. The predicted molar refractivity (Wildman–Crippen MR) is 114 cm³/mol. The maximum atomic E-state index is 12.4. The van der Waals surface area contributed by atoms with Crippen LogP contribution >= 0.6 is 0 Å². The van der Waals surface area contributed by atoms with Crippen molar-refractivity contribution < 1.29 is 24.2 Å². The van der Waals surface area contributed by atoms with Crippen molar-refractivity contribution in [3.8, 4) is 11.5 Å². The Labute approximate surface area is 177 Å². The van der Waals surface area contributed by atoms with E-state index in [0.717, 1.165) is 11.1 Å². The molecule has 30 heavy (non-hydrogen) atoms.